The molecule has 0 fully saturated rings. The Kier molecular flexibility index (Phi) is 4.70. The maximum atomic E-state index is 9.30. The van der Waals surface area contributed by atoms with E-state index in [2.05, 4.69) is 20.4 Å². The molecule has 1 aromatic carbocycles. The van der Waals surface area contributed by atoms with E-state index in [0.29, 0.717) is 28.9 Å². The third-order valence-corrected chi connectivity index (χ3v) is 4.99. The lowest BCUT2D eigenvalue weighted by Gasteiger charge is -2.12. The fourth-order valence-corrected chi connectivity index (χ4v) is 3.54. The minimum Gasteiger partial charge on any atom is -0.452 e. The van der Waals surface area contributed by atoms with Crippen molar-refractivity contribution in [3.63, 3.8) is 0 Å². The average molecular weight is 421 g/mol. The summed E-state index contributed by atoms with van der Waals surface area (Å²) in [6, 6.07) is 13.1. The number of aromatic nitrogens is 5. The summed E-state index contributed by atoms with van der Waals surface area (Å²) in [4.78, 5) is 8.63. The number of nitrogens with one attached hydrogen (secondary N) is 1. The first kappa shape index (κ1) is 18.4. The van der Waals surface area contributed by atoms with Gasteiger partial charge in [0.2, 0.25) is 0 Å². The van der Waals surface area contributed by atoms with Crippen LogP contribution in [0.5, 0.6) is 11.5 Å². The number of anilines is 2. The summed E-state index contributed by atoms with van der Waals surface area (Å²) in [6.45, 7) is 0.484. The number of nitrogens with zero attached hydrogens (tertiary/aromatic N) is 5. The van der Waals surface area contributed by atoms with Gasteiger partial charge in [0.1, 0.15) is 23.1 Å². The van der Waals surface area contributed by atoms with Gasteiger partial charge >= 0.3 is 0 Å². The van der Waals surface area contributed by atoms with Crippen molar-refractivity contribution in [3.8, 4) is 11.5 Å². The highest BCUT2D eigenvalue weighted by molar-refractivity contribution is 6.32. The third-order valence-electron chi connectivity index (χ3n) is 4.70. The van der Waals surface area contributed by atoms with E-state index < -0.39 is 0 Å². The highest BCUT2D eigenvalue weighted by Gasteiger charge is 2.12. The summed E-state index contributed by atoms with van der Waals surface area (Å²) in [5, 5.41) is 17.3. The van der Waals surface area contributed by atoms with Crippen LogP contribution in [0, 0.1) is 0 Å². The molecule has 0 spiro atoms. The molecule has 4 aromatic heterocycles. The Labute approximate surface area is 176 Å². The van der Waals surface area contributed by atoms with E-state index >= 15 is 0 Å². The number of hydrogen-bond acceptors (Lipinski definition) is 6. The molecular formula is C21H17ClN6O2. The number of halogens is 1. The topological polar surface area (TPSA) is 89.5 Å². The summed E-state index contributed by atoms with van der Waals surface area (Å²) in [6.07, 6.45) is 6.88. The van der Waals surface area contributed by atoms with E-state index in [1.807, 2.05) is 47.3 Å². The van der Waals surface area contributed by atoms with Gasteiger partial charge in [-0.1, -0.05) is 17.7 Å². The predicted octanol–water partition coefficient (Wildman–Crippen LogP) is 4.26. The number of aliphatic hydroxyl groups excluding tert-OH is 1. The second kappa shape index (κ2) is 7.66. The van der Waals surface area contributed by atoms with Crippen molar-refractivity contribution in [2.24, 2.45) is 0 Å². The van der Waals surface area contributed by atoms with Crippen molar-refractivity contribution in [1.29, 1.82) is 0 Å². The van der Waals surface area contributed by atoms with Crippen LogP contribution in [-0.4, -0.2) is 35.9 Å². The molecular weight excluding hydrogens is 404 g/mol. The largest absolute Gasteiger partial charge is 0.452 e. The van der Waals surface area contributed by atoms with Crippen LogP contribution in [0.1, 0.15) is 0 Å². The minimum absolute atomic E-state index is 0.0273. The molecule has 0 unspecified atom stereocenters. The van der Waals surface area contributed by atoms with Gasteiger partial charge in [-0.15, -0.1) is 0 Å². The third kappa shape index (κ3) is 3.32. The van der Waals surface area contributed by atoms with Gasteiger partial charge in [0.05, 0.1) is 23.3 Å². The number of rotatable bonds is 6. The van der Waals surface area contributed by atoms with Gasteiger partial charge in [0, 0.05) is 24.6 Å². The fraction of sp³-hybridized carbons (Fsp3) is 0.0952. The van der Waals surface area contributed by atoms with Crippen molar-refractivity contribution < 1.29 is 9.84 Å². The van der Waals surface area contributed by atoms with Crippen LogP contribution in [0.4, 0.5) is 11.5 Å². The molecule has 0 aliphatic carbocycles. The van der Waals surface area contributed by atoms with Gasteiger partial charge < -0.3 is 19.7 Å². The summed E-state index contributed by atoms with van der Waals surface area (Å²) < 4.78 is 9.62. The van der Waals surface area contributed by atoms with Crippen LogP contribution in [0.2, 0.25) is 5.02 Å². The number of aliphatic hydroxyl groups is 1. The van der Waals surface area contributed by atoms with E-state index in [0.717, 1.165) is 22.2 Å². The molecule has 0 radical (unpaired) electrons. The van der Waals surface area contributed by atoms with Crippen molar-refractivity contribution in [1.82, 2.24) is 24.1 Å². The number of hydrogen-bond donors (Lipinski definition) is 2. The van der Waals surface area contributed by atoms with Crippen LogP contribution >= 0.6 is 11.6 Å². The molecule has 2 N–H and O–H groups in total. The Morgan fingerprint density at radius 3 is 2.87 bits per heavy atom. The molecule has 9 heteroatoms. The Balaban J connectivity index is 1.43. The van der Waals surface area contributed by atoms with Gasteiger partial charge in [-0.25, -0.2) is 14.5 Å². The Bertz CT molecular complexity index is 1350. The summed E-state index contributed by atoms with van der Waals surface area (Å²) >= 11 is 6.48. The Morgan fingerprint density at radius 2 is 2.00 bits per heavy atom. The molecule has 0 bridgehead atoms. The summed E-state index contributed by atoms with van der Waals surface area (Å²) in [5.74, 6) is 1.78. The first-order valence-corrected chi connectivity index (χ1v) is 9.68. The molecule has 0 saturated heterocycles. The standard InChI is InChI=1S/C21H17ClN6O2/c22-15-11-14(26-21-20-16(23-13-24-21)6-8-27(20)9-10-29)4-5-18(15)30-19-12-25-28-7-2-1-3-17(19)28/h1-8,11-13,29H,9-10H2,(H,23,24,26). The second-order valence-corrected chi connectivity index (χ2v) is 7.01. The maximum Gasteiger partial charge on any atom is 0.173 e. The lowest BCUT2D eigenvalue weighted by Crippen LogP contribution is -2.04. The molecule has 4 heterocycles. The Morgan fingerprint density at radius 1 is 1.07 bits per heavy atom. The van der Waals surface area contributed by atoms with Crippen LogP contribution in [0.15, 0.2) is 67.4 Å². The molecule has 0 aliphatic heterocycles. The van der Waals surface area contributed by atoms with E-state index in [1.54, 1.807) is 22.8 Å². The molecule has 0 atom stereocenters. The van der Waals surface area contributed by atoms with Gasteiger partial charge in [-0.05, 0) is 36.4 Å². The lowest BCUT2D eigenvalue weighted by atomic mass is 10.3. The van der Waals surface area contributed by atoms with Crippen LogP contribution in [0.25, 0.3) is 16.6 Å². The van der Waals surface area contributed by atoms with Crippen molar-refractivity contribution >= 4 is 39.7 Å². The normalized spacial score (nSPS) is 11.3. The SMILES string of the molecule is OCCn1ccc2ncnc(Nc3ccc(Oc4cnn5ccccc45)c(Cl)c3)c21. The number of pyridine rings is 1. The van der Waals surface area contributed by atoms with Gasteiger partial charge in [0.15, 0.2) is 11.6 Å². The molecule has 0 saturated carbocycles. The summed E-state index contributed by atoms with van der Waals surface area (Å²) in [5.41, 5.74) is 3.21. The first-order valence-electron chi connectivity index (χ1n) is 9.30. The van der Waals surface area contributed by atoms with Gasteiger partial charge in [0.25, 0.3) is 0 Å². The molecule has 150 valence electrons. The number of fused-ring (bicyclic) bond motifs is 2. The molecule has 0 amide bonds. The highest BCUT2D eigenvalue weighted by atomic mass is 35.5. The summed E-state index contributed by atoms with van der Waals surface area (Å²) in [7, 11) is 0. The van der Waals surface area contributed by atoms with Crippen molar-refractivity contribution in [2.75, 3.05) is 11.9 Å². The monoisotopic (exact) mass is 420 g/mol. The Hall–Kier alpha value is -3.62. The molecule has 0 aliphatic rings. The van der Waals surface area contributed by atoms with Crippen LogP contribution in [0.3, 0.4) is 0 Å². The van der Waals surface area contributed by atoms with Crippen LogP contribution < -0.4 is 10.1 Å². The molecule has 5 aromatic rings. The van der Waals surface area contributed by atoms with Gasteiger partial charge in [-0.3, -0.25) is 0 Å². The van der Waals surface area contributed by atoms with Crippen molar-refractivity contribution in [3.05, 3.63) is 72.4 Å². The zero-order valence-electron chi connectivity index (χ0n) is 15.7. The zero-order valence-corrected chi connectivity index (χ0v) is 16.5. The molecule has 5 rings (SSSR count). The highest BCUT2D eigenvalue weighted by Crippen LogP contribution is 2.34. The number of benzene rings is 1. The van der Waals surface area contributed by atoms with E-state index in [9.17, 15) is 5.11 Å². The molecule has 30 heavy (non-hydrogen) atoms. The predicted molar refractivity (Wildman–Crippen MR) is 115 cm³/mol. The average Bonchev–Trinajstić information content (AvgIpc) is 3.36. The van der Waals surface area contributed by atoms with Crippen LogP contribution in [-0.2, 0) is 6.54 Å². The quantitative estimate of drug-likeness (QED) is 0.426. The second-order valence-electron chi connectivity index (χ2n) is 6.60. The lowest BCUT2D eigenvalue weighted by molar-refractivity contribution is 0.278. The first-order chi connectivity index (χ1) is 14.7. The van der Waals surface area contributed by atoms with Gasteiger partial charge in [-0.2, -0.15) is 5.10 Å². The smallest absolute Gasteiger partial charge is 0.173 e. The molecule has 8 nitrogen and oxygen atoms in total. The van der Waals surface area contributed by atoms with Crippen molar-refractivity contribution in [2.45, 2.75) is 6.54 Å². The zero-order chi connectivity index (χ0) is 20.5. The fourth-order valence-electron chi connectivity index (χ4n) is 3.32. The van der Waals surface area contributed by atoms with E-state index in [4.69, 9.17) is 16.3 Å². The maximum absolute atomic E-state index is 9.30. The van der Waals surface area contributed by atoms with E-state index in [1.165, 1.54) is 6.33 Å². The van der Waals surface area contributed by atoms with E-state index in [-0.39, 0.29) is 6.61 Å². The number of ether oxygens (including phenoxy) is 1. The minimum atomic E-state index is 0.0273.